The van der Waals surface area contributed by atoms with Crippen molar-refractivity contribution in [1.82, 2.24) is 9.47 Å². The van der Waals surface area contributed by atoms with E-state index >= 15 is 0 Å². The lowest BCUT2D eigenvalue weighted by atomic mass is 10.1. The number of nitrogens with one attached hydrogen (secondary N) is 1. The number of ether oxygens (including phenoxy) is 2. The fourth-order valence-corrected chi connectivity index (χ4v) is 3.24. The van der Waals surface area contributed by atoms with Crippen molar-refractivity contribution in [1.29, 1.82) is 0 Å². The molecule has 1 aromatic heterocycles. The predicted octanol–water partition coefficient (Wildman–Crippen LogP) is 3.77. The summed E-state index contributed by atoms with van der Waals surface area (Å²) in [4.78, 5) is 14.5. The largest absolute Gasteiger partial charge is 0.495 e. The van der Waals surface area contributed by atoms with Crippen molar-refractivity contribution in [3.8, 4) is 11.5 Å². The van der Waals surface area contributed by atoms with Crippen LogP contribution in [0, 0.1) is 0 Å². The maximum atomic E-state index is 12.7. The van der Waals surface area contributed by atoms with Gasteiger partial charge in [0.25, 0.3) is 0 Å². The molecule has 0 spiro atoms. The summed E-state index contributed by atoms with van der Waals surface area (Å²) in [5.41, 5.74) is 1.64. The summed E-state index contributed by atoms with van der Waals surface area (Å²) in [5, 5.41) is 3.30. The van der Waals surface area contributed by atoms with Crippen LogP contribution < -0.4 is 14.8 Å². The van der Waals surface area contributed by atoms with E-state index in [-0.39, 0.29) is 12.1 Å². The van der Waals surface area contributed by atoms with Crippen LogP contribution in [0.3, 0.4) is 0 Å². The van der Waals surface area contributed by atoms with E-state index in [1.54, 1.807) is 17.0 Å². The minimum absolute atomic E-state index is 0.00605. The van der Waals surface area contributed by atoms with Crippen LogP contribution >= 0.6 is 11.6 Å². The van der Waals surface area contributed by atoms with Crippen LogP contribution in [0.4, 0.5) is 10.5 Å². The molecule has 1 N–H and O–H groups in total. The number of halogens is 1. The lowest BCUT2D eigenvalue weighted by Gasteiger charge is -2.35. The monoisotopic (exact) mass is 349 g/mol. The first-order valence-corrected chi connectivity index (χ1v) is 8.07. The summed E-state index contributed by atoms with van der Waals surface area (Å²) >= 11 is 6.16. The number of carbonyl (C=O) groups excluding carboxylic acids is 1. The third kappa shape index (κ3) is 2.89. The molecule has 0 radical (unpaired) electrons. The number of methoxy groups -OCH3 is 2. The molecule has 0 aliphatic carbocycles. The van der Waals surface area contributed by atoms with Gasteiger partial charge in [0.1, 0.15) is 11.5 Å². The van der Waals surface area contributed by atoms with Gasteiger partial charge >= 0.3 is 6.03 Å². The highest BCUT2D eigenvalue weighted by Gasteiger charge is 2.28. The smallest absolute Gasteiger partial charge is 0.322 e. The molecule has 2 amide bonds. The molecule has 1 aliphatic heterocycles. The third-order valence-corrected chi connectivity index (χ3v) is 4.61. The van der Waals surface area contributed by atoms with Crippen LogP contribution in [0.25, 0.3) is 0 Å². The van der Waals surface area contributed by atoms with Gasteiger partial charge in [-0.1, -0.05) is 11.6 Å². The van der Waals surface area contributed by atoms with Gasteiger partial charge in [0.2, 0.25) is 0 Å². The second kappa shape index (κ2) is 6.65. The van der Waals surface area contributed by atoms with Gasteiger partial charge in [-0.25, -0.2) is 4.79 Å². The predicted molar refractivity (Wildman–Crippen MR) is 93.1 cm³/mol. The summed E-state index contributed by atoms with van der Waals surface area (Å²) in [7, 11) is 3.07. The zero-order valence-corrected chi connectivity index (χ0v) is 14.6. The van der Waals surface area contributed by atoms with Gasteiger partial charge in [0.15, 0.2) is 0 Å². The summed E-state index contributed by atoms with van der Waals surface area (Å²) in [6.45, 7) is 3.43. The van der Waals surface area contributed by atoms with Gasteiger partial charge < -0.3 is 24.3 Å². The number of nitrogens with zero attached hydrogens (tertiary/aromatic N) is 2. The van der Waals surface area contributed by atoms with E-state index in [0.717, 1.165) is 12.2 Å². The van der Waals surface area contributed by atoms with Gasteiger partial charge in [-0.2, -0.15) is 0 Å². The molecular weight excluding hydrogens is 330 g/mol. The average molecular weight is 350 g/mol. The lowest BCUT2D eigenvalue weighted by Crippen LogP contribution is -2.43. The Morgan fingerprint density at radius 1 is 1.25 bits per heavy atom. The Kier molecular flexibility index (Phi) is 4.57. The minimum Gasteiger partial charge on any atom is -0.495 e. The molecule has 2 heterocycles. The van der Waals surface area contributed by atoms with Gasteiger partial charge in [-0.15, -0.1) is 0 Å². The molecule has 24 heavy (non-hydrogen) atoms. The summed E-state index contributed by atoms with van der Waals surface area (Å²) in [6, 6.07) is 7.13. The molecule has 3 rings (SSSR count). The number of amides is 2. The van der Waals surface area contributed by atoms with E-state index in [1.165, 1.54) is 14.2 Å². The number of urea groups is 1. The molecule has 0 saturated carbocycles. The molecule has 7 heteroatoms. The Morgan fingerprint density at radius 3 is 2.71 bits per heavy atom. The van der Waals surface area contributed by atoms with Crippen LogP contribution in [-0.2, 0) is 6.54 Å². The topological polar surface area (TPSA) is 55.7 Å². The molecule has 1 atom stereocenters. The zero-order chi connectivity index (χ0) is 17.3. The summed E-state index contributed by atoms with van der Waals surface area (Å²) in [5.74, 6) is 0.994. The van der Waals surface area contributed by atoms with Crippen LogP contribution in [0.1, 0.15) is 18.7 Å². The number of aromatic nitrogens is 1. The molecule has 128 valence electrons. The Morgan fingerprint density at radius 2 is 2.00 bits per heavy atom. The summed E-state index contributed by atoms with van der Waals surface area (Å²) < 4.78 is 12.7. The highest BCUT2D eigenvalue weighted by atomic mass is 35.5. The number of benzene rings is 1. The number of anilines is 1. The molecule has 2 aromatic rings. The van der Waals surface area contributed by atoms with Gasteiger partial charge in [0.05, 0.1) is 31.0 Å². The van der Waals surface area contributed by atoms with Crippen molar-refractivity contribution in [2.45, 2.75) is 19.5 Å². The molecule has 0 fully saturated rings. The van der Waals surface area contributed by atoms with E-state index < -0.39 is 0 Å². The fourth-order valence-electron chi connectivity index (χ4n) is 3.00. The maximum Gasteiger partial charge on any atom is 0.322 e. The van der Waals surface area contributed by atoms with Crippen molar-refractivity contribution in [3.05, 3.63) is 41.2 Å². The Labute approximate surface area is 145 Å². The van der Waals surface area contributed by atoms with Gasteiger partial charge in [0, 0.05) is 31.0 Å². The molecule has 0 bridgehead atoms. The Hall–Kier alpha value is -2.34. The minimum atomic E-state index is -0.186. The van der Waals surface area contributed by atoms with Gasteiger partial charge in [-0.3, -0.25) is 0 Å². The SMILES string of the molecule is COc1cc(OC)c(NC(=O)N2CCn3cccc3C2C)cc1Cl. The van der Waals surface area contributed by atoms with E-state index in [1.807, 2.05) is 25.3 Å². The van der Waals surface area contributed by atoms with E-state index in [2.05, 4.69) is 9.88 Å². The van der Waals surface area contributed by atoms with E-state index in [4.69, 9.17) is 21.1 Å². The number of hydrogen-bond donors (Lipinski definition) is 1. The normalized spacial score (nSPS) is 16.5. The number of rotatable bonds is 3. The third-order valence-electron chi connectivity index (χ3n) is 4.32. The van der Waals surface area contributed by atoms with Crippen LogP contribution in [-0.4, -0.2) is 36.3 Å². The standard InChI is InChI=1S/C17H20ClN3O3/c1-11-14-5-4-6-20(14)7-8-21(11)17(22)19-13-9-12(18)15(23-2)10-16(13)24-3/h4-6,9-11H,7-8H2,1-3H3,(H,19,22). The Bertz CT molecular complexity index is 760. The highest BCUT2D eigenvalue weighted by molar-refractivity contribution is 6.32. The first-order chi connectivity index (χ1) is 11.5. The molecule has 1 aromatic carbocycles. The maximum absolute atomic E-state index is 12.7. The van der Waals surface area contributed by atoms with Crippen molar-refractivity contribution in [3.63, 3.8) is 0 Å². The number of fused-ring (bicyclic) bond motifs is 1. The Balaban J connectivity index is 1.82. The van der Waals surface area contributed by atoms with E-state index in [9.17, 15) is 4.79 Å². The first-order valence-electron chi connectivity index (χ1n) is 7.69. The number of hydrogen-bond acceptors (Lipinski definition) is 3. The molecule has 1 unspecified atom stereocenters. The van der Waals surface area contributed by atoms with Crippen LogP contribution in [0.15, 0.2) is 30.5 Å². The highest BCUT2D eigenvalue weighted by Crippen LogP contribution is 2.36. The van der Waals surface area contributed by atoms with Crippen molar-refractivity contribution in [2.24, 2.45) is 0 Å². The quantitative estimate of drug-likeness (QED) is 0.917. The summed E-state index contributed by atoms with van der Waals surface area (Å²) in [6.07, 6.45) is 2.04. The van der Waals surface area contributed by atoms with Crippen LogP contribution in [0.2, 0.25) is 5.02 Å². The second-order valence-electron chi connectivity index (χ2n) is 5.61. The lowest BCUT2D eigenvalue weighted by molar-refractivity contribution is 0.175. The van der Waals surface area contributed by atoms with Crippen molar-refractivity contribution >= 4 is 23.3 Å². The van der Waals surface area contributed by atoms with Crippen molar-refractivity contribution in [2.75, 3.05) is 26.1 Å². The fraction of sp³-hybridized carbons (Fsp3) is 0.353. The van der Waals surface area contributed by atoms with Crippen molar-refractivity contribution < 1.29 is 14.3 Å². The van der Waals surface area contributed by atoms with Crippen LogP contribution in [0.5, 0.6) is 11.5 Å². The molecule has 0 saturated heterocycles. The molecule has 6 nitrogen and oxygen atoms in total. The zero-order valence-electron chi connectivity index (χ0n) is 13.9. The van der Waals surface area contributed by atoms with E-state index in [0.29, 0.717) is 28.8 Å². The average Bonchev–Trinajstić information content (AvgIpc) is 3.05. The van der Waals surface area contributed by atoms with Gasteiger partial charge in [-0.05, 0) is 25.1 Å². The number of carbonyl (C=O) groups is 1. The molecule has 1 aliphatic rings. The second-order valence-corrected chi connectivity index (χ2v) is 6.02. The first kappa shape index (κ1) is 16.5. The molecular formula is C17H20ClN3O3.